The molecule has 3 rings (SSSR count). The van der Waals surface area contributed by atoms with E-state index in [4.69, 9.17) is 10.00 Å². The van der Waals surface area contributed by atoms with Crippen LogP contribution in [-0.4, -0.2) is 12.4 Å². The predicted molar refractivity (Wildman–Crippen MR) is 100 cm³/mol. The fourth-order valence-corrected chi connectivity index (χ4v) is 3.56. The predicted octanol–water partition coefficient (Wildman–Crippen LogP) is 5.17. The molecule has 1 heterocycles. The minimum Gasteiger partial charge on any atom is -0.485 e. The number of carbonyl (C=O) groups excluding carboxylic acids is 1. The van der Waals surface area contributed by atoms with Gasteiger partial charge in [0.05, 0.1) is 11.6 Å². The van der Waals surface area contributed by atoms with Gasteiger partial charge < -0.3 is 4.74 Å². The van der Waals surface area contributed by atoms with Crippen LogP contribution in [-0.2, 0) is 0 Å². The number of nitrogens with zero attached hydrogens (tertiary/aromatic N) is 1. The number of ether oxygens (including phenoxy) is 1. The van der Waals surface area contributed by atoms with Crippen molar-refractivity contribution >= 4 is 17.1 Å². The Bertz CT molecular complexity index is 932. The van der Waals surface area contributed by atoms with Crippen LogP contribution in [0.25, 0.3) is 11.1 Å². The Balaban J connectivity index is 1.65. The second-order valence-electron chi connectivity index (χ2n) is 5.75. The fraction of sp³-hybridized carbons (Fsp3) is 0.143. The molecule has 0 atom stereocenters. The maximum absolute atomic E-state index is 12.3. The lowest BCUT2D eigenvalue weighted by Gasteiger charge is -2.07. The summed E-state index contributed by atoms with van der Waals surface area (Å²) in [5, 5.41) is 8.85. The van der Waals surface area contributed by atoms with Crippen LogP contribution in [0.5, 0.6) is 5.75 Å². The molecule has 0 fully saturated rings. The van der Waals surface area contributed by atoms with E-state index < -0.39 is 0 Å². The molecule has 0 N–H and O–H groups in total. The van der Waals surface area contributed by atoms with Gasteiger partial charge >= 0.3 is 0 Å². The Kier molecular flexibility index (Phi) is 4.97. The molecule has 0 spiro atoms. The third kappa shape index (κ3) is 3.96. The number of nitriles is 1. The first kappa shape index (κ1) is 16.9. The van der Waals surface area contributed by atoms with Crippen LogP contribution in [0.15, 0.2) is 54.6 Å². The normalized spacial score (nSPS) is 10.3. The maximum Gasteiger partial charge on any atom is 0.201 e. The van der Waals surface area contributed by atoms with Crippen molar-refractivity contribution in [2.75, 3.05) is 6.61 Å². The molecule has 4 heteroatoms. The number of hydrogen-bond acceptors (Lipinski definition) is 4. The largest absolute Gasteiger partial charge is 0.485 e. The minimum absolute atomic E-state index is 0.00183. The van der Waals surface area contributed by atoms with Crippen molar-refractivity contribution in [3.63, 3.8) is 0 Å². The Labute approximate surface area is 151 Å². The smallest absolute Gasteiger partial charge is 0.201 e. The van der Waals surface area contributed by atoms with Gasteiger partial charge in [0.25, 0.3) is 0 Å². The molecule has 0 aliphatic rings. The van der Waals surface area contributed by atoms with Crippen LogP contribution < -0.4 is 4.74 Å². The average Bonchev–Trinajstić information content (AvgIpc) is 2.98. The van der Waals surface area contributed by atoms with E-state index in [1.807, 2.05) is 56.3 Å². The van der Waals surface area contributed by atoms with Gasteiger partial charge in [0, 0.05) is 15.3 Å². The molecule has 25 heavy (non-hydrogen) atoms. The molecule has 3 nitrogen and oxygen atoms in total. The fourth-order valence-electron chi connectivity index (χ4n) is 2.62. The van der Waals surface area contributed by atoms with Crippen molar-refractivity contribution in [1.82, 2.24) is 0 Å². The van der Waals surface area contributed by atoms with Crippen LogP contribution >= 0.6 is 11.3 Å². The van der Waals surface area contributed by atoms with Gasteiger partial charge in [-0.15, -0.1) is 11.3 Å². The summed E-state index contributed by atoms with van der Waals surface area (Å²) in [4.78, 5) is 14.4. The summed E-state index contributed by atoms with van der Waals surface area (Å²) >= 11 is 1.62. The van der Waals surface area contributed by atoms with Crippen LogP contribution in [0.4, 0.5) is 0 Å². The zero-order chi connectivity index (χ0) is 17.8. The Morgan fingerprint density at radius 1 is 1.04 bits per heavy atom. The van der Waals surface area contributed by atoms with Crippen molar-refractivity contribution in [2.45, 2.75) is 13.8 Å². The SMILES string of the molecule is Cc1cc(C(=O)COc2ccc(-c3ccc(C#N)cc3)cc2)c(C)s1. The van der Waals surface area contributed by atoms with Crippen molar-refractivity contribution in [3.05, 3.63) is 75.5 Å². The van der Waals surface area contributed by atoms with E-state index >= 15 is 0 Å². The molecular weight excluding hydrogens is 330 g/mol. The molecule has 0 radical (unpaired) electrons. The number of rotatable bonds is 5. The van der Waals surface area contributed by atoms with Gasteiger partial charge in [-0.25, -0.2) is 0 Å². The number of thiophene rings is 1. The highest BCUT2D eigenvalue weighted by Crippen LogP contribution is 2.24. The monoisotopic (exact) mass is 347 g/mol. The number of carbonyl (C=O) groups is 1. The van der Waals surface area contributed by atoms with Crippen LogP contribution in [0.3, 0.4) is 0 Å². The lowest BCUT2D eigenvalue weighted by Crippen LogP contribution is -2.11. The summed E-state index contributed by atoms with van der Waals surface area (Å²) in [6.45, 7) is 3.99. The molecule has 124 valence electrons. The molecule has 0 saturated heterocycles. The number of Topliss-reactive ketones (excluding diaryl/α,β-unsaturated/α-hetero) is 1. The second kappa shape index (κ2) is 7.33. The standard InChI is InChI=1S/C21H17NO2S/c1-14-11-20(15(2)25-14)21(23)13-24-19-9-7-18(8-10-19)17-5-3-16(12-22)4-6-17/h3-11H,13H2,1-2H3. The van der Waals surface area contributed by atoms with E-state index in [-0.39, 0.29) is 12.4 Å². The van der Waals surface area contributed by atoms with Gasteiger partial charge in [-0.1, -0.05) is 24.3 Å². The summed E-state index contributed by atoms with van der Waals surface area (Å²) in [6, 6.07) is 19.0. The number of benzene rings is 2. The van der Waals surface area contributed by atoms with Gasteiger partial charge in [0.2, 0.25) is 5.78 Å². The molecule has 0 amide bonds. The van der Waals surface area contributed by atoms with Crippen molar-refractivity contribution in [1.29, 1.82) is 5.26 Å². The highest BCUT2D eigenvalue weighted by atomic mass is 32.1. The summed E-state index contributed by atoms with van der Waals surface area (Å²) < 4.78 is 5.63. The van der Waals surface area contributed by atoms with Crippen molar-refractivity contribution in [3.8, 4) is 22.9 Å². The molecule has 0 aliphatic heterocycles. The topological polar surface area (TPSA) is 50.1 Å². The van der Waals surface area contributed by atoms with E-state index in [0.29, 0.717) is 11.3 Å². The quantitative estimate of drug-likeness (QED) is 0.599. The lowest BCUT2D eigenvalue weighted by molar-refractivity contribution is 0.0921. The Morgan fingerprint density at radius 3 is 2.16 bits per heavy atom. The number of hydrogen-bond donors (Lipinski definition) is 0. The Hall–Kier alpha value is -2.90. The third-order valence-corrected chi connectivity index (χ3v) is 4.88. The first-order valence-corrected chi connectivity index (χ1v) is 8.72. The lowest BCUT2D eigenvalue weighted by atomic mass is 10.0. The zero-order valence-corrected chi connectivity index (χ0v) is 14.9. The van der Waals surface area contributed by atoms with E-state index in [0.717, 1.165) is 26.4 Å². The summed E-state index contributed by atoms with van der Waals surface area (Å²) in [6.07, 6.45) is 0. The van der Waals surface area contributed by atoms with Crippen LogP contribution in [0.2, 0.25) is 0 Å². The molecule has 0 aliphatic carbocycles. The first-order valence-electron chi connectivity index (χ1n) is 7.90. The van der Waals surface area contributed by atoms with Gasteiger partial charge in [0.1, 0.15) is 5.75 Å². The van der Waals surface area contributed by atoms with Crippen molar-refractivity contribution < 1.29 is 9.53 Å². The minimum atomic E-state index is -0.00183. The van der Waals surface area contributed by atoms with Gasteiger partial charge in [-0.3, -0.25) is 4.79 Å². The van der Waals surface area contributed by atoms with Crippen LogP contribution in [0, 0.1) is 25.2 Å². The summed E-state index contributed by atoms with van der Waals surface area (Å²) in [5.41, 5.74) is 3.45. The zero-order valence-electron chi connectivity index (χ0n) is 14.1. The van der Waals surface area contributed by atoms with Crippen molar-refractivity contribution in [2.24, 2.45) is 0 Å². The molecule has 0 bridgehead atoms. The van der Waals surface area contributed by atoms with E-state index in [9.17, 15) is 4.79 Å². The second-order valence-corrected chi connectivity index (χ2v) is 7.21. The molecule has 0 unspecified atom stereocenters. The molecule has 2 aromatic carbocycles. The van der Waals surface area contributed by atoms with E-state index in [1.54, 1.807) is 23.5 Å². The number of aryl methyl sites for hydroxylation is 2. The molecule has 3 aromatic rings. The highest BCUT2D eigenvalue weighted by Gasteiger charge is 2.12. The van der Waals surface area contributed by atoms with Gasteiger partial charge in [-0.05, 0) is 55.3 Å². The Morgan fingerprint density at radius 2 is 1.64 bits per heavy atom. The van der Waals surface area contributed by atoms with E-state index in [1.165, 1.54) is 0 Å². The maximum atomic E-state index is 12.3. The molecule has 1 aromatic heterocycles. The molecular formula is C21H17NO2S. The van der Waals surface area contributed by atoms with Gasteiger partial charge in [0.15, 0.2) is 6.61 Å². The third-order valence-electron chi connectivity index (χ3n) is 3.91. The summed E-state index contributed by atoms with van der Waals surface area (Å²) in [7, 11) is 0. The number of ketones is 1. The van der Waals surface area contributed by atoms with E-state index in [2.05, 4.69) is 6.07 Å². The summed E-state index contributed by atoms with van der Waals surface area (Å²) in [5.74, 6) is 0.661. The first-order chi connectivity index (χ1) is 12.1. The average molecular weight is 347 g/mol. The van der Waals surface area contributed by atoms with Crippen LogP contribution in [0.1, 0.15) is 25.7 Å². The molecule has 0 saturated carbocycles. The van der Waals surface area contributed by atoms with Gasteiger partial charge in [-0.2, -0.15) is 5.26 Å². The highest BCUT2D eigenvalue weighted by molar-refractivity contribution is 7.12.